The van der Waals surface area contributed by atoms with Crippen molar-refractivity contribution in [2.45, 2.75) is 20.8 Å². The summed E-state index contributed by atoms with van der Waals surface area (Å²) in [6.07, 6.45) is 0. The fourth-order valence-corrected chi connectivity index (χ4v) is 4.22. The summed E-state index contributed by atoms with van der Waals surface area (Å²) in [6, 6.07) is 10.7. The summed E-state index contributed by atoms with van der Waals surface area (Å²) in [6.45, 7) is 11.9. The molecule has 4 rings (SSSR count). The zero-order valence-corrected chi connectivity index (χ0v) is 20.0. The van der Waals surface area contributed by atoms with Gasteiger partial charge >= 0.3 is 0 Å². The number of aryl methyl sites for hydroxylation is 1. The van der Waals surface area contributed by atoms with Gasteiger partial charge in [-0.25, -0.2) is 9.67 Å². The van der Waals surface area contributed by atoms with Crippen LogP contribution in [0.5, 0.6) is 0 Å². The molecule has 0 fully saturated rings. The number of amides is 1. The zero-order valence-electron chi connectivity index (χ0n) is 18.5. The van der Waals surface area contributed by atoms with Gasteiger partial charge in [0.25, 0.3) is 11.5 Å². The molecule has 0 saturated carbocycles. The Bertz CT molecular complexity index is 1370. The molecule has 0 unspecified atom stereocenters. The molecular formula is C24H23Cl2N5O2. The van der Waals surface area contributed by atoms with Gasteiger partial charge in [0.15, 0.2) is 0 Å². The highest BCUT2D eigenvalue weighted by atomic mass is 35.5. The Labute approximate surface area is 201 Å². The number of carbonyl (C=O) groups excluding carboxylic acids is 1. The van der Waals surface area contributed by atoms with Gasteiger partial charge in [0, 0.05) is 29.4 Å². The van der Waals surface area contributed by atoms with Crippen LogP contribution in [0.15, 0.2) is 52.8 Å². The molecule has 7 nitrogen and oxygen atoms in total. The summed E-state index contributed by atoms with van der Waals surface area (Å²) < 4.78 is 1.23. The number of aliphatic imine (C=N–C) groups is 1. The third-order valence-corrected chi connectivity index (χ3v) is 6.18. The number of nitrogens with zero attached hydrogens (tertiary/aromatic N) is 3. The van der Waals surface area contributed by atoms with Gasteiger partial charge in [-0.2, -0.15) is 0 Å². The first-order valence-electron chi connectivity index (χ1n) is 10.5. The van der Waals surface area contributed by atoms with Crippen molar-refractivity contribution < 1.29 is 4.79 Å². The average Bonchev–Trinajstić information content (AvgIpc) is 3.10. The SMILES string of the molecule is C=C1C(=Nc2ccc(N(CC)CC)cc2C)C(=O)Nc2[nH]n(-c3cc(Cl)ccc3Cl)c(=O)c21. The number of H-pyrrole nitrogens is 1. The van der Waals surface area contributed by atoms with Crippen molar-refractivity contribution in [3.05, 3.63) is 74.5 Å². The molecule has 9 heteroatoms. The number of rotatable bonds is 5. The van der Waals surface area contributed by atoms with Crippen LogP contribution in [0.4, 0.5) is 17.2 Å². The van der Waals surface area contributed by atoms with Crippen LogP contribution >= 0.6 is 23.2 Å². The van der Waals surface area contributed by atoms with Gasteiger partial charge in [0.2, 0.25) is 0 Å². The quantitative estimate of drug-likeness (QED) is 0.511. The zero-order chi connectivity index (χ0) is 23.9. The molecule has 1 aliphatic rings. The van der Waals surface area contributed by atoms with Gasteiger partial charge in [-0.1, -0.05) is 29.8 Å². The third kappa shape index (κ3) is 4.10. The smallest absolute Gasteiger partial charge is 0.281 e. The number of anilines is 2. The van der Waals surface area contributed by atoms with Crippen molar-refractivity contribution in [2.75, 3.05) is 23.3 Å². The summed E-state index contributed by atoms with van der Waals surface area (Å²) in [5.41, 5.74) is 3.13. The average molecular weight is 484 g/mol. The monoisotopic (exact) mass is 483 g/mol. The van der Waals surface area contributed by atoms with E-state index in [9.17, 15) is 9.59 Å². The van der Waals surface area contributed by atoms with Crippen molar-refractivity contribution in [3.63, 3.8) is 0 Å². The van der Waals surface area contributed by atoms with E-state index in [0.717, 1.165) is 24.3 Å². The number of hydrogen-bond donors (Lipinski definition) is 2. The van der Waals surface area contributed by atoms with E-state index in [2.05, 4.69) is 40.7 Å². The molecule has 0 saturated heterocycles. The molecule has 2 heterocycles. The molecule has 33 heavy (non-hydrogen) atoms. The molecule has 0 aliphatic carbocycles. The number of aromatic nitrogens is 2. The van der Waals surface area contributed by atoms with Crippen LogP contribution in [0.3, 0.4) is 0 Å². The van der Waals surface area contributed by atoms with Gasteiger partial charge in [-0.15, -0.1) is 0 Å². The lowest BCUT2D eigenvalue weighted by Gasteiger charge is -2.22. The number of fused-ring (bicyclic) bond motifs is 1. The Morgan fingerprint density at radius 1 is 1.09 bits per heavy atom. The predicted molar refractivity (Wildman–Crippen MR) is 136 cm³/mol. The predicted octanol–water partition coefficient (Wildman–Crippen LogP) is 5.37. The number of carbonyl (C=O) groups is 1. The van der Waals surface area contributed by atoms with Crippen LogP contribution in [0.1, 0.15) is 25.0 Å². The summed E-state index contributed by atoms with van der Waals surface area (Å²) in [4.78, 5) is 32.8. The molecule has 170 valence electrons. The molecule has 1 aliphatic heterocycles. The second kappa shape index (κ2) is 8.92. The van der Waals surface area contributed by atoms with Crippen LogP contribution in [0.25, 0.3) is 11.3 Å². The highest BCUT2D eigenvalue weighted by Gasteiger charge is 2.31. The van der Waals surface area contributed by atoms with Gasteiger partial charge in [0.1, 0.15) is 11.5 Å². The summed E-state index contributed by atoms with van der Waals surface area (Å²) in [7, 11) is 0. The fraction of sp³-hybridized carbons (Fsp3) is 0.208. The van der Waals surface area contributed by atoms with E-state index >= 15 is 0 Å². The minimum atomic E-state index is -0.453. The first kappa shape index (κ1) is 22.9. The van der Waals surface area contributed by atoms with Gasteiger partial charge in [-0.3, -0.25) is 14.7 Å². The summed E-state index contributed by atoms with van der Waals surface area (Å²) in [5.74, 6) is -0.219. The number of aromatic amines is 1. The Morgan fingerprint density at radius 3 is 2.48 bits per heavy atom. The van der Waals surface area contributed by atoms with Crippen LogP contribution in [-0.4, -0.2) is 34.5 Å². The van der Waals surface area contributed by atoms with Crippen LogP contribution in [0, 0.1) is 6.92 Å². The topological polar surface area (TPSA) is 82.5 Å². The van der Waals surface area contributed by atoms with Crippen molar-refractivity contribution in [1.82, 2.24) is 9.78 Å². The molecule has 0 atom stereocenters. The Morgan fingerprint density at radius 2 is 1.82 bits per heavy atom. The van der Waals surface area contributed by atoms with Gasteiger partial charge < -0.3 is 10.2 Å². The molecule has 1 amide bonds. The van der Waals surface area contributed by atoms with Gasteiger partial charge in [-0.05, 0) is 62.7 Å². The minimum Gasteiger partial charge on any atom is -0.372 e. The summed E-state index contributed by atoms with van der Waals surface area (Å²) in [5, 5.41) is 6.33. The van der Waals surface area contributed by atoms with E-state index in [1.54, 1.807) is 18.2 Å². The van der Waals surface area contributed by atoms with Crippen LogP contribution in [0.2, 0.25) is 10.0 Å². The molecule has 0 radical (unpaired) electrons. The summed E-state index contributed by atoms with van der Waals surface area (Å²) >= 11 is 12.3. The minimum absolute atomic E-state index is 0.0848. The Kier molecular flexibility index (Phi) is 6.19. The normalized spacial score (nSPS) is 14.4. The van der Waals surface area contributed by atoms with Crippen LogP contribution < -0.4 is 15.8 Å². The standard InChI is InChI=1S/C24H23Cl2N5O2/c1-5-30(6-2)16-8-10-18(13(3)11-16)27-21-14(4)20-22(28-23(21)32)29-31(24(20)33)19-12-15(25)7-9-17(19)26/h7-12,29H,4-6H2,1-3H3,(H,28,32). The second-order valence-corrected chi connectivity index (χ2v) is 8.48. The van der Waals surface area contributed by atoms with Crippen LogP contribution in [-0.2, 0) is 4.79 Å². The number of benzene rings is 2. The number of halogens is 2. The molecule has 0 spiro atoms. The van der Waals surface area contributed by atoms with E-state index in [1.165, 1.54) is 4.68 Å². The van der Waals surface area contributed by atoms with E-state index in [4.69, 9.17) is 23.2 Å². The van der Waals surface area contributed by atoms with E-state index in [-0.39, 0.29) is 22.7 Å². The third-order valence-electron chi connectivity index (χ3n) is 5.62. The van der Waals surface area contributed by atoms with Crippen molar-refractivity contribution in [3.8, 4) is 5.69 Å². The van der Waals surface area contributed by atoms with Crippen molar-refractivity contribution >= 4 is 57.6 Å². The Balaban J connectivity index is 1.76. The van der Waals surface area contributed by atoms with E-state index in [0.29, 0.717) is 21.4 Å². The molecule has 3 aromatic rings. The maximum Gasteiger partial charge on any atom is 0.281 e. The lowest BCUT2D eigenvalue weighted by molar-refractivity contribution is -0.110. The molecule has 1 aromatic heterocycles. The molecule has 2 aromatic carbocycles. The molecule has 2 N–H and O–H groups in total. The van der Waals surface area contributed by atoms with Gasteiger partial charge in [0.05, 0.1) is 22.0 Å². The maximum atomic E-state index is 13.2. The highest BCUT2D eigenvalue weighted by molar-refractivity contribution is 6.60. The largest absolute Gasteiger partial charge is 0.372 e. The Hall–Kier alpha value is -3.29. The highest BCUT2D eigenvalue weighted by Crippen LogP contribution is 2.31. The lowest BCUT2D eigenvalue weighted by atomic mass is 10.0. The number of hydrogen-bond acceptors (Lipinski definition) is 4. The first-order valence-corrected chi connectivity index (χ1v) is 11.3. The van der Waals surface area contributed by atoms with E-state index in [1.807, 2.05) is 25.1 Å². The maximum absolute atomic E-state index is 13.2. The fourth-order valence-electron chi connectivity index (χ4n) is 3.85. The van der Waals surface area contributed by atoms with E-state index < -0.39 is 11.5 Å². The second-order valence-electron chi connectivity index (χ2n) is 7.63. The molecule has 0 bridgehead atoms. The van der Waals surface area contributed by atoms with Crippen molar-refractivity contribution in [1.29, 1.82) is 0 Å². The first-order chi connectivity index (χ1) is 15.7. The van der Waals surface area contributed by atoms with Crippen molar-refractivity contribution in [2.24, 2.45) is 4.99 Å². The molecular weight excluding hydrogens is 461 g/mol. The number of nitrogens with one attached hydrogen (secondary N) is 2. The lowest BCUT2D eigenvalue weighted by Crippen LogP contribution is -2.30.